The van der Waals surface area contributed by atoms with Crippen LogP contribution in [0, 0.1) is 0 Å². The first-order valence-electron chi connectivity index (χ1n) is 5.20. The van der Waals surface area contributed by atoms with Crippen LogP contribution < -0.4 is 10.6 Å². The molecule has 0 fully saturated rings. The van der Waals surface area contributed by atoms with E-state index in [4.69, 9.17) is 5.73 Å². The molecule has 0 aliphatic carbocycles. The van der Waals surface area contributed by atoms with E-state index < -0.39 is 0 Å². The van der Waals surface area contributed by atoms with E-state index >= 15 is 0 Å². The predicted molar refractivity (Wildman–Crippen MR) is 72.7 cm³/mol. The van der Waals surface area contributed by atoms with E-state index in [1.54, 1.807) is 6.07 Å². The lowest BCUT2D eigenvalue weighted by Crippen LogP contribution is -2.18. The van der Waals surface area contributed by atoms with Crippen LogP contribution in [0.4, 0.5) is 11.6 Å². The van der Waals surface area contributed by atoms with Crippen LogP contribution in [0.2, 0.25) is 0 Å². The molecule has 0 radical (unpaired) electrons. The highest BCUT2D eigenvalue weighted by Crippen LogP contribution is 2.15. The van der Waals surface area contributed by atoms with Crippen molar-refractivity contribution in [3.63, 3.8) is 0 Å². The van der Waals surface area contributed by atoms with Gasteiger partial charge in [0.2, 0.25) is 0 Å². The quantitative estimate of drug-likeness (QED) is 0.944. The van der Waals surface area contributed by atoms with Crippen molar-refractivity contribution in [1.82, 2.24) is 10.2 Å². The maximum absolute atomic E-state index is 5.50. The van der Waals surface area contributed by atoms with E-state index in [0.29, 0.717) is 5.82 Å². The molecular weight excluding hydrogens is 280 g/mol. The minimum atomic E-state index is 0.436. The van der Waals surface area contributed by atoms with Crippen molar-refractivity contribution < 1.29 is 0 Å². The van der Waals surface area contributed by atoms with Crippen LogP contribution in [0.5, 0.6) is 0 Å². The lowest BCUT2D eigenvalue weighted by atomic mass is 10.2. The lowest BCUT2D eigenvalue weighted by Gasteiger charge is -2.17. The summed E-state index contributed by atoms with van der Waals surface area (Å²) >= 11 is 3.41. The van der Waals surface area contributed by atoms with Crippen molar-refractivity contribution in [2.45, 2.75) is 6.54 Å². The van der Waals surface area contributed by atoms with E-state index in [2.05, 4.69) is 38.3 Å². The van der Waals surface area contributed by atoms with Gasteiger partial charge in [-0.15, -0.1) is 10.2 Å². The minimum absolute atomic E-state index is 0.436. The molecule has 2 rings (SSSR count). The van der Waals surface area contributed by atoms with Crippen molar-refractivity contribution >= 4 is 27.6 Å². The highest BCUT2D eigenvalue weighted by atomic mass is 79.9. The number of nitrogen functional groups attached to an aromatic ring is 1. The molecule has 2 aromatic rings. The maximum atomic E-state index is 5.50. The summed E-state index contributed by atoms with van der Waals surface area (Å²) in [5.74, 6) is 1.24. The van der Waals surface area contributed by atoms with Gasteiger partial charge in [0, 0.05) is 18.1 Å². The van der Waals surface area contributed by atoms with Crippen LogP contribution in [0.15, 0.2) is 40.9 Å². The molecule has 0 amide bonds. The van der Waals surface area contributed by atoms with Gasteiger partial charge in [0.25, 0.3) is 0 Å². The SMILES string of the molecule is CN(Cc1ccc(Br)cc1)c1ccc(N)nn1. The molecule has 1 heterocycles. The molecule has 0 bridgehead atoms. The van der Waals surface area contributed by atoms with Gasteiger partial charge in [-0.2, -0.15) is 0 Å². The molecule has 1 aromatic carbocycles. The monoisotopic (exact) mass is 292 g/mol. The minimum Gasteiger partial charge on any atom is -0.382 e. The van der Waals surface area contributed by atoms with Gasteiger partial charge in [-0.25, -0.2) is 0 Å². The van der Waals surface area contributed by atoms with E-state index in [0.717, 1.165) is 16.8 Å². The summed E-state index contributed by atoms with van der Waals surface area (Å²) in [6.45, 7) is 0.784. The molecule has 5 heteroatoms. The Hall–Kier alpha value is -1.62. The Balaban J connectivity index is 2.08. The highest BCUT2D eigenvalue weighted by Gasteiger charge is 2.03. The molecule has 0 saturated carbocycles. The number of hydrogen-bond acceptors (Lipinski definition) is 4. The average Bonchev–Trinajstić information content (AvgIpc) is 2.33. The Kier molecular flexibility index (Phi) is 3.58. The van der Waals surface area contributed by atoms with E-state index in [9.17, 15) is 0 Å². The fourth-order valence-corrected chi connectivity index (χ4v) is 1.75. The Morgan fingerprint density at radius 1 is 1.12 bits per heavy atom. The van der Waals surface area contributed by atoms with Crippen LogP contribution >= 0.6 is 15.9 Å². The molecule has 0 aliphatic rings. The van der Waals surface area contributed by atoms with Gasteiger partial charge in [-0.05, 0) is 29.8 Å². The topological polar surface area (TPSA) is 55.0 Å². The molecular formula is C12H13BrN4. The highest BCUT2D eigenvalue weighted by molar-refractivity contribution is 9.10. The molecule has 17 heavy (non-hydrogen) atoms. The summed E-state index contributed by atoms with van der Waals surface area (Å²) in [6, 6.07) is 11.8. The number of nitrogens with zero attached hydrogens (tertiary/aromatic N) is 3. The third-order valence-corrected chi connectivity index (χ3v) is 2.92. The second-order valence-electron chi connectivity index (χ2n) is 3.80. The number of rotatable bonds is 3. The van der Waals surface area contributed by atoms with Crippen molar-refractivity contribution in [3.05, 3.63) is 46.4 Å². The normalized spacial score (nSPS) is 10.2. The van der Waals surface area contributed by atoms with Crippen molar-refractivity contribution in [1.29, 1.82) is 0 Å². The number of halogens is 1. The van der Waals surface area contributed by atoms with Crippen LogP contribution in [-0.4, -0.2) is 17.2 Å². The van der Waals surface area contributed by atoms with Crippen molar-refractivity contribution in [3.8, 4) is 0 Å². The molecule has 0 atom stereocenters. The standard InChI is InChI=1S/C12H13BrN4/c1-17(12-7-6-11(14)15-16-12)8-9-2-4-10(13)5-3-9/h2-7H,8H2,1H3,(H2,14,15). The zero-order chi connectivity index (χ0) is 12.3. The summed E-state index contributed by atoms with van der Waals surface area (Å²) in [5.41, 5.74) is 6.72. The summed E-state index contributed by atoms with van der Waals surface area (Å²) in [7, 11) is 1.97. The van der Waals surface area contributed by atoms with Crippen molar-refractivity contribution in [2.75, 3.05) is 17.7 Å². The predicted octanol–water partition coefficient (Wildman–Crippen LogP) is 2.46. The second kappa shape index (κ2) is 5.14. The third kappa shape index (κ3) is 3.17. The summed E-state index contributed by atoms with van der Waals surface area (Å²) in [4.78, 5) is 2.02. The zero-order valence-electron chi connectivity index (χ0n) is 9.47. The van der Waals surface area contributed by atoms with Crippen molar-refractivity contribution in [2.24, 2.45) is 0 Å². The summed E-state index contributed by atoms with van der Waals surface area (Å²) < 4.78 is 1.08. The summed E-state index contributed by atoms with van der Waals surface area (Å²) in [5, 5.41) is 7.87. The fourth-order valence-electron chi connectivity index (χ4n) is 1.48. The van der Waals surface area contributed by atoms with Gasteiger partial charge < -0.3 is 10.6 Å². The first kappa shape index (κ1) is 11.9. The van der Waals surface area contributed by atoms with Gasteiger partial charge in [0.15, 0.2) is 5.82 Å². The van der Waals surface area contributed by atoms with Crippen LogP contribution in [0.1, 0.15) is 5.56 Å². The molecule has 1 aromatic heterocycles. The summed E-state index contributed by atoms with van der Waals surface area (Å²) in [6.07, 6.45) is 0. The smallest absolute Gasteiger partial charge is 0.151 e. The lowest BCUT2D eigenvalue weighted by molar-refractivity contribution is 0.869. The fraction of sp³-hybridized carbons (Fsp3) is 0.167. The Morgan fingerprint density at radius 3 is 2.41 bits per heavy atom. The van der Waals surface area contributed by atoms with Crippen LogP contribution in [0.25, 0.3) is 0 Å². The maximum Gasteiger partial charge on any atom is 0.151 e. The number of aromatic nitrogens is 2. The first-order valence-corrected chi connectivity index (χ1v) is 5.99. The molecule has 2 N–H and O–H groups in total. The zero-order valence-corrected chi connectivity index (χ0v) is 11.1. The molecule has 0 spiro atoms. The molecule has 0 saturated heterocycles. The number of benzene rings is 1. The molecule has 4 nitrogen and oxygen atoms in total. The second-order valence-corrected chi connectivity index (χ2v) is 4.71. The Labute approximate surface area is 109 Å². The number of anilines is 2. The first-order chi connectivity index (χ1) is 8.15. The molecule has 0 unspecified atom stereocenters. The van der Waals surface area contributed by atoms with E-state index in [-0.39, 0.29) is 0 Å². The Morgan fingerprint density at radius 2 is 1.82 bits per heavy atom. The average molecular weight is 293 g/mol. The number of nitrogens with two attached hydrogens (primary N) is 1. The largest absolute Gasteiger partial charge is 0.382 e. The Bertz CT molecular complexity index is 481. The van der Waals surface area contributed by atoms with Gasteiger partial charge in [0.1, 0.15) is 5.82 Å². The van der Waals surface area contributed by atoms with E-state index in [1.807, 2.05) is 30.1 Å². The molecule has 88 valence electrons. The molecule has 0 aliphatic heterocycles. The van der Waals surface area contributed by atoms with Gasteiger partial charge in [0.05, 0.1) is 0 Å². The van der Waals surface area contributed by atoms with E-state index in [1.165, 1.54) is 5.56 Å². The van der Waals surface area contributed by atoms with Gasteiger partial charge >= 0.3 is 0 Å². The van der Waals surface area contributed by atoms with Gasteiger partial charge in [-0.1, -0.05) is 28.1 Å². The third-order valence-electron chi connectivity index (χ3n) is 2.40. The van der Waals surface area contributed by atoms with Crippen LogP contribution in [0.3, 0.4) is 0 Å². The van der Waals surface area contributed by atoms with Gasteiger partial charge in [-0.3, -0.25) is 0 Å². The number of hydrogen-bond donors (Lipinski definition) is 1. The van der Waals surface area contributed by atoms with Crippen LogP contribution in [-0.2, 0) is 6.54 Å².